The Morgan fingerprint density at radius 2 is 1.90 bits per heavy atom. The molecule has 0 spiro atoms. The molecule has 3 nitrogen and oxygen atoms in total. The average molecular weight is 291 g/mol. The Bertz CT molecular complexity index is 790. The molecule has 0 N–H and O–H groups in total. The van der Waals surface area contributed by atoms with Crippen LogP contribution in [0.3, 0.4) is 0 Å². The molecule has 2 aromatic heterocycles. The first kappa shape index (κ1) is 13.6. The Morgan fingerprint density at radius 1 is 1.14 bits per heavy atom. The molecule has 1 aromatic carbocycles. The molecule has 108 valence electrons. The lowest BCUT2D eigenvalue weighted by molar-refractivity contribution is -0.141. The molecule has 0 atom stereocenters. The highest BCUT2D eigenvalue weighted by molar-refractivity contribution is 5.82. The van der Waals surface area contributed by atoms with Gasteiger partial charge >= 0.3 is 6.18 Å². The molecule has 0 saturated heterocycles. The van der Waals surface area contributed by atoms with Gasteiger partial charge in [-0.3, -0.25) is 9.67 Å². The number of halogens is 3. The quantitative estimate of drug-likeness (QED) is 0.719. The predicted octanol–water partition coefficient (Wildman–Crippen LogP) is 3.81. The third-order valence-electron chi connectivity index (χ3n) is 3.19. The number of benzene rings is 1. The summed E-state index contributed by atoms with van der Waals surface area (Å²) in [4.78, 5) is 4.41. The van der Waals surface area contributed by atoms with Crippen LogP contribution < -0.4 is 0 Å². The van der Waals surface area contributed by atoms with E-state index in [0.717, 1.165) is 28.2 Å². The van der Waals surface area contributed by atoms with E-state index in [2.05, 4.69) is 10.1 Å². The molecule has 0 aliphatic heterocycles. The van der Waals surface area contributed by atoms with Crippen molar-refractivity contribution < 1.29 is 13.2 Å². The monoisotopic (exact) mass is 291 g/mol. The SMILES string of the molecule is Cc1cc(Cn2ccc(C(F)(F)F)n2)c2ccccc2n1. The van der Waals surface area contributed by atoms with Gasteiger partial charge in [-0.1, -0.05) is 18.2 Å². The predicted molar refractivity (Wildman–Crippen MR) is 72.8 cm³/mol. The molecule has 21 heavy (non-hydrogen) atoms. The lowest BCUT2D eigenvalue weighted by Gasteiger charge is -2.08. The number of nitrogens with zero attached hydrogens (tertiary/aromatic N) is 3. The molecule has 0 fully saturated rings. The van der Waals surface area contributed by atoms with E-state index in [1.807, 2.05) is 37.3 Å². The Balaban J connectivity index is 2.00. The van der Waals surface area contributed by atoms with Crippen molar-refractivity contribution in [2.45, 2.75) is 19.6 Å². The number of alkyl halides is 3. The molecule has 3 rings (SSSR count). The number of hydrogen-bond acceptors (Lipinski definition) is 2. The molecule has 0 unspecified atom stereocenters. The smallest absolute Gasteiger partial charge is 0.268 e. The molecular formula is C15H12F3N3. The van der Waals surface area contributed by atoms with E-state index >= 15 is 0 Å². The maximum Gasteiger partial charge on any atom is 0.435 e. The number of hydrogen-bond donors (Lipinski definition) is 0. The van der Waals surface area contributed by atoms with E-state index in [4.69, 9.17) is 0 Å². The summed E-state index contributed by atoms with van der Waals surface area (Å²) in [6.45, 7) is 2.14. The highest BCUT2D eigenvalue weighted by atomic mass is 19.4. The van der Waals surface area contributed by atoms with Crippen LogP contribution in [0.25, 0.3) is 10.9 Å². The first-order valence-corrected chi connectivity index (χ1v) is 6.39. The molecule has 2 heterocycles. The number of rotatable bonds is 2. The van der Waals surface area contributed by atoms with Gasteiger partial charge in [-0.05, 0) is 30.7 Å². The zero-order valence-corrected chi connectivity index (χ0v) is 11.2. The molecule has 0 bridgehead atoms. The van der Waals surface area contributed by atoms with Crippen LogP contribution in [0.1, 0.15) is 17.0 Å². The number of pyridine rings is 1. The minimum Gasteiger partial charge on any atom is -0.268 e. The van der Waals surface area contributed by atoms with Crippen molar-refractivity contribution in [2.75, 3.05) is 0 Å². The fourth-order valence-corrected chi connectivity index (χ4v) is 2.30. The Kier molecular flexibility index (Phi) is 3.16. The summed E-state index contributed by atoms with van der Waals surface area (Å²) in [5, 5.41) is 4.51. The van der Waals surface area contributed by atoms with Gasteiger partial charge < -0.3 is 0 Å². The first-order valence-electron chi connectivity index (χ1n) is 6.39. The highest BCUT2D eigenvalue weighted by Crippen LogP contribution is 2.27. The molecule has 0 aliphatic rings. The second-order valence-electron chi connectivity index (χ2n) is 4.84. The van der Waals surface area contributed by atoms with Crippen LogP contribution >= 0.6 is 0 Å². The summed E-state index contributed by atoms with van der Waals surface area (Å²) < 4.78 is 39.0. The summed E-state index contributed by atoms with van der Waals surface area (Å²) in [7, 11) is 0. The van der Waals surface area contributed by atoms with Crippen LogP contribution in [0, 0.1) is 6.92 Å². The van der Waals surface area contributed by atoms with Gasteiger partial charge in [0.1, 0.15) is 0 Å². The number of aromatic nitrogens is 3. The van der Waals surface area contributed by atoms with Gasteiger partial charge in [-0.25, -0.2) is 0 Å². The van der Waals surface area contributed by atoms with Crippen molar-refractivity contribution in [3.63, 3.8) is 0 Å². The van der Waals surface area contributed by atoms with E-state index in [1.54, 1.807) is 0 Å². The van der Waals surface area contributed by atoms with E-state index in [0.29, 0.717) is 0 Å². The summed E-state index contributed by atoms with van der Waals surface area (Å²) in [6.07, 6.45) is -3.07. The lowest BCUT2D eigenvalue weighted by Crippen LogP contribution is -2.08. The molecular weight excluding hydrogens is 279 g/mol. The molecule has 0 radical (unpaired) electrons. The topological polar surface area (TPSA) is 30.7 Å². The Labute approximate surface area is 119 Å². The van der Waals surface area contributed by atoms with E-state index in [1.165, 1.54) is 10.9 Å². The van der Waals surface area contributed by atoms with Crippen LogP contribution in [-0.4, -0.2) is 14.8 Å². The summed E-state index contributed by atoms with van der Waals surface area (Å²) >= 11 is 0. The van der Waals surface area contributed by atoms with Crippen molar-refractivity contribution in [1.82, 2.24) is 14.8 Å². The summed E-state index contributed by atoms with van der Waals surface area (Å²) in [5.41, 5.74) is 1.68. The van der Waals surface area contributed by atoms with Crippen LogP contribution in [0.5, 0.6) is 0 Å². The minimum atomic E-state index is -4.42. The summed E-state index contributed by atoms with van der Waals surface area (Å²) in [6, 6.07) is 10.4. The fourth-order valence-electron chi connectivity index (χ4n) is 2.30. The number of para-hydroxylation sites is 1. The van der Waals surface area contributed by atoms with Gasteiger partial charge in [-0.2, -0.15) is 18.3 Å². The zero-order valence-electron chi connectivity index (χ0n) is 11.2. The summed E-state index contributed by atoms with van der Waals surface area (Å²) in [5.74, 6) is 0. The number of aryl methyl sites for hydroxylation is 1. The second kappa shape index (κ2) is 4.87. The maximum absolute atomic E-state index is 12.6. The van der Waals surface area contributed by atoms with Crippen LogP contribution in [0.2, 0.25) is 0 Å². The van der Waals surface area contributed by atoms with Gasteiger partial charge in [0.2, 0.25) is 0 Å². The fraction of sp³-hybridized carbons (Fsp3) is 0.200. The van der Waals surface area contributed by atoms with E-state index in [9.17, 15) is 13.2 Å². The van der Waals surface area contributed by atoms with Gasteiger partial charge in [0.05, 0.1) is 12.1 Å². The third-order valence-corrected chi connectivity index (χ3v) is 3.19. The molecule has 6 heteroatoms. The number of fused-ring (bicyclic) bond motifs is 1. The van der Waals surface area contributed by atoms with Crippen molar-refractivity contribution >= 4 is 10.9 Å². The van der Waals surface area contributed by atoms with Crippen LogP contribution in [-0.2, 0) is 12.7 Å². The van der Waals surface area contributed by atoms with Crippen molar-refractivity contribution in [2.24, 2.45) is 0 Å². The molecule has 0 amide bonds. The van der Waals surface area contributed by atoms with Gasteiger partial charge in [-0.15, -0.1) is 0 Å². The molecule has 3 aromatic rings. The first-order chi connectivity index (χ1) is 9.93. The second-order valence-corrected chi connectivity index (χ2v) is 4.84. The minimum absolute atomic E-state index is 0.278. The van der Waals surface area contributed by atoms with Crippen LogP contribution in [0.15, 0.2) is 42.6 Å². The highest BCUT2D eigenvalue weighted by Gasteiger charge is 2.33. The van der Waals surface area contributed by atoms with Crippen LogP contribution in [0.4, 0.5) is 13.2 Å². The zero-order chi connectivity index (χ0) is 15.0. The Hall–Kier alpha value is -2.37. The molecule has 0 saturated carbocycles. The van der Waals surface area contributed by atoms with Crippen molar-refractivity contribution in [1.29, 1.82) is 0 Å². The lowest BCUT2D eigenvalue weighted by atomic mass is 10.1. The van der Waals surface area contributed by atoms with E-state index in [-0.39, 0.29) is 6.54 Å². The van der Waals surface area contributed by atoms with Crippen molar-refractivity contribution in [3.8, 4) is 0 Å². The average Bonchev–Trinajstić information content (AvgIpc) is 2.87. The van der Waals surface area contributed by atoms with E-state index < -0.39 is 11.9 Å². The standard InChI is InChI=1S/C15H12F3N3/c1-10-8-11(12-4-2-3-5-13(12)19-10)9-21-7-6-14(20-21)15(16,17)18/h2-8H,9H2,1H3. The maximum atomic E-state index is 12.6. The van der Waals surface area contributed by atoms with Gasteiger partial charge in [0, 0.05) is 17.3 Å². The third kappa shape index (κ3) is 2.74. The van der Waals surface area contributed by atoms with Gasteiger partial charge in [0.25, 0.3) is 0 Å². The normalized spacial score (nSPS) is 12.0. The largest absolute Gasteiger partial charge is 0.435 e. The molecule has 0 aliphatic carbocycles. The van der Waals surface area contributed by atoms with Crippen molar-refractivity contribution in [3.05, 3.63) is 59.5 Å². The Morgan fingerprint density at radius 3 is 2.62 bits per heavy atom. The van der Waals surface area contributed by atoms with Gasteiger partial charge in [0.15, 0.2) is 5.69 Å².